The molecule has 1 aromatic rings. The molecule has 1 aliphatic rings. The SMILES string of the molecule is Cc1ccc(CN2CC(C)(C)NC(C)(C)C2=O)cc1. The molecule has 1 aromatic carbocycles. The third kappa shape index (κ3) is 3.16. The number of rotatable bonds is 2. The molecule has 2 rings (SSSR count). The zero-order chi connectivity index (χ0) is 14.3. The molecule has 1 N–H and O–H groups in total. The average molecular weight is 260 g/mol. The molecular formula is C16H24N2O. The van der Waals surface area contributed by atoms with Crippen molar-refractivity contribution >= 4 is 5.91 Å². The van der Waals surface area contributed by atoms with Gasteiger partial charge in [-0.25, -0.2) is 0 Å². The third-order valence-corrected chi connectivity index (χ3v) is 3.55. The molecule has 0 radical (unpaired) electrons. The smallest absolute Gasteiger partial charge is 0.242 e. The average Bonchev–Trinajstić information content (AvgIpc) is 2.27. The van der Waals surface area contributed by atoms with Gasteiger partial charge in [-0.15, -0.1) is 0 Å². The van der Waals surface area contributed by atoms with Crippen molar-refractivity contribution in [2.45, 2.75) is 52.2 Å². The van der Waals surface area contributed by atoms with Crippen molar-refractivity contribution in [3.05, 3.63) is 35.4 Å². The Labute approximate surface area is 116 Å². The Bertz CT molecular complexity index is 474. The second-order valence-corrected chi connectivity index (χ2v) is 6.78. The molecule has 0 atom stereocenters. The number of aryl methyl sites for hydroxylation is 1. The van der Waals surface area contributed by atoms with Crippen LogP contribution in [-0.2, 0) is 11.3 Å². The molecule has 3 nitrogen and oxygen atoms in total. The predicted octanol–water partition coefficient (Wildman–Crippen LogP) is 2.48. The summed E-state index contributed by atoms with van der Waals surface area (Å²) in [5, 5.41) is 3.42. The normalized spacial score (nSPS) is 21.5. The van der Waals surface area contributed by atoms with Crippen molar-refractivity contribution in [1.82, 2.24) is 10.2 Å². The van der Waals surface area contributed by atoms with Gasteiger partial charge in [0.25, 0.3) is 0 Å². The van der Waals surface area contributed by atoms with Crippen LogP contribution in [0.1, 0.15) is 38.8 Å². The van der Waals surface area contributed by atoms with Crippen LogP contribution in [0, 0.1) is 6.92 Å². The molecule has 104 valence electrons. The standard InChI is InChI=1S/C16H24N2O/c1-12-6-8-13(9-7-12)10-18-11-15(2,3)17-16(4,5)14(18)19/h6-9,17H,10-11H2,1-5H3. The van der Waals surface area contributed by atoms with Crippen molar-refractivity contribution in [2.75, 3.05) is 6.54 Å². The van der Waals surface area contributed by atoms with Crippen LogP contribution in [0.2, 0.25) is 0 Å². The zero-order valence-electron chi connectivity index (χ0n) is 12.6. The van der Waals surface area contributed by atoms with Crippen molar-refractivity contribution in [3.63, 3.8) is 0 Å². The van der Waals surface area contributed by atoms with Gasteiger partial charge in [0.1, 0.15) is 0 Å². The van der Waals surface area contributed by atoms with Gasteiger partial charge >= 0.3 is 0 Å². The lowest BCUT2D eigenvalue weighted by atomic mass is 9.90. The van der Waals surface area contributed by atoms with Gasteiger partial charge in [0.2, 0.25) is 5.91 Å². The van der Waals surface area contributed by atoms with E-state index >= 15 is 0 Å². The molecule has 0 aliphatic carbocycles. The summed E-state index contributed by atoms with van der Waals surface area (Å²) >= 11 is 0. The summed E-state index contributed by atoms with van der Waals surface area (Å²) in [5.74, 6) is 0.174. The third-order valence-electron chi connectivity index (χ3n) is 3.55. The maximum atomic E-state index is 12.5. The van der Waals surface area contributed by atoms with Crippen LogP contribution in [0.3, 0.4) is 0 Å². The molecule has 3 heteroatoms. The summed E-state index contributed by atoms with van der Waals surface area (Å²) in [6.07, 6.45) is 0. The highest BCUT2D eigenvalue weighted by molar-refractivity contribution is 5.86. The fourth-order valence-electron chi connectivity index (χ4n) is 2.92. The van der Waals surface area contributed by atoms with Crippen molar-refractivity contribution in [1.29, 1.82) is 0 Å². The molecule has 1 saturated heterocycles. The highest BCUT2D eigenvalue weighted by Crippen LogP contribution is 2.23. The molecule has 0 unspecified atom stereocenters. The van der Waals surface area contributed by atoms with Gasteiger partial charge < -0.3 is 4.90 Å². The van der Waals surface area contributed by atoms with E-state index in [4.69, 9.17) is 0 Å². The summed E-state index contributed by atoms with van der Waals surface area (Å²) in [6, 6.07) is 8.39. The Morgan fingerprint density at radius 2 is 1.74 bits per heavy atom. The van der Waals surface area contributed by atoms with E-state index in [9.17, 15) is 4.79 Å². The minimum absolute atomic E-state index is 0.0535. The van der Waals surface area contributed by atoms with Crippen LogP contribution in [0.15, 0.2) is 24.3 Å². The number of hydrogen-bond acceptors (Lipinski definition) is 2. The fourth-order valence-corrected chi connectivity index (χ4v) is 2.92. The van der Waals surface area contributed by atoms with Crippen molar-refractivity contribution in [3.8, 4) is 0 Å². The Morgan fingerprint density at radius 3 is 2.32 bits per heavy atom. The minimum Gasteiger partial charge on any atom is -0.335 e. The maximum Gasteiger partial charge on any atom is 0.242 e. The highest BCUT2D eigenvalue weighted by Gasteiger charge is 2.43. The second kappa shape index (κ2) is 4.64. The molecule has 0 saturated carbocycles. The largest absolute Gasteiger partial charge is 0.335 e. The van der Waals surface area contributed by atoms with Gasteiger partial charge in [-0.2, -0.15) is 0 Å². The Hall–Kier alpha value is -1.35. The van der Waals surface area contributed by atoms with Crippen LogP contribution in [0.25, 0.3) is 0 Å². The summed E-state index contributed by atoms with van der Waals surface area (Å²) < 4.78 is 0. The van der Waals surface area contributed by atoms with E-state index < -0.39 is 5.54 Å². The molecule has 0 bridgehead atoms. The van der Waals surface area contributed by atoms with Crippen LogP contribution in [0.4, 0.5) is 0 Å². The lowest BCUT2D eigenvalue weighted by molar-refractivity contribution is -0.144. The number of hydrogen-bond donors (Lipinski definition) is 1. The highest BCUT2D eigenvalue weighted by atomic mass is 16.2. The van der Waals surface area contributed by atoms with Gasteiger partial charge in [-0.3, -0.25) is 10.1 Å². The van der Waals surface area contributed by atoms with E-state index in [0.717, 1.165) is 6.54 Å². The van der Waals surface area contributed by atoms with Crippen LogP contribution in [0.5, 0.6) is 0 Å². The molecule has 1 heterocycles. The molecule has 1 aliphatic heterocycles. The first-order chi connectivity index (χ1) is 8.70. The lowest BCUT2D eigenvalue weighted by Gasteiger charge is -2.47. The summed E-state index contributed by atoms with van der Waals surface area (Å²) in [4.78, 5) is 14.4. The van der Waals surface area contributed by atoms with Crippen LogP contribution >= 0.6 is 0 Å². The first-order valence-electron chi connectivity index (χ1n) is 6.84. The van der Waals surface area contributed by atoms with E-state index in [1.165, 1.54) is 11.1 Å². The van der Waals surface area contributed by atoms with E-state index in [1.807, 2.05) is 18.7 Å². The maximum absolute atomic E-state index is 12.5. The van der Waals surface area contributed by atoms with Gasteiger partial charge in [-0.05, 0) is 40.2 Å². The Kier molecular flexibility index (Phi) is 3.43. The molecule has 1 amide bonds. The molecule has 19 heavy (non-hydrogen) atoms. The Morgan fingerprint density at radius 1 is 1.16 bits per heavy atom. The first kappa shape index (κ1) is 14.1. The van der Waals surface area contributed by atoms with Gasteiger partial charge in [0, 0.05) is 18.6 Å². The number of carbonyl (C=O) groups is 1. The number of benzene rings is 1. The topological polar surface area (TPSA) is 32.3 Å². The van der Waals surface area contributed by atoms with E-state index in [1.54, 1.807) is 0 Å². The summed E-state index contributed by atoms with van der Waals surface area (Å²) in [7, 11) is 0. The monoisotopic (exact) mass is 260 g/mol. The quantitative estimate of drug-likeness (QED) is 0.886. The fraction of sp³-hybridized carbons (Fsp3) is 0.562. The number of nitrogens with one attached hydrogen (secondary N) is 1. The number of piperazine rings is 1. The summed E-state index contributed by atoms with van der Waals surface area (Å²) in [5.41, 5.74) is 1.89. The second-order valence-electron chi connectivity index (χ2n) is 6.78. The van der Waals surface area contributed by atoms with Crippen LogP contribution < -0.4 is 5.32 Å². The zero-order valence-corrected chi connectivity index (χ0v) is 12.6. The van der Waals surface area contributed by atoms with E-state index in [0.29, 0.717) is 6.54 Å². The molecule has 0 aromatic heterocycles. The number of nitrogens with zero attached hydrogens (tertiary/aromatic N) is 1. The van der Waals surface area contributed by atoms with Crippen molar-refractivity contribution in [2.24, 2.45) is 0 Å². The van der Waals surface area contributed by atoms with E-state index in [2.05, 4.69) is 50.4 Å². The van der Waals surface area contributed by atoms with Crippen LogP contribution in [-0.4, -0.2) is 28.4 Å². The number of carbonyl (C=O) groups excluding carboxylic acids is 1. The minimum atomic E-state index is -0.494. The van der Waals surface area contributed by atoms with E-state index in [-0.39, 0.29) is 11.4 Å². The molecule has 0 spiro atoms. The summed E-state index contributed by atoms with van der Waals surface area (Å²) in [6.45, 7) is 11.7. The number of amides is 1. The Balaban J connectivity index is 2.18. The van der Waals surface area contributed by atoms with Gasteiger partial charge in [0.15, 0.2) is 0 Å². The molecular weight excluding hydrogens is 236 g/mol. The predicted molar refractivity (Wildman–Crippen MR) is 77.9 cm³/mol. The van der Waals surface area contributed by atoms with Crippen molar-refractivity contribution < 1.29 is 4.79 Å². The van der Waals surface area contributed by atoms with Gasteiger partial charge in [0.05, 0.1) is 5.54 Å². The lowest BCUT2D eigenvalue weighted by Crippen LogP contribution is -2.69. The van der Waals surface area contributed by atoms with Gasteiger partial charge in [-0.1, -0.05) is 29.8 Å². The first-order valence-corrected chi connectivity index (χ1v) is 6.84. The molecule has 1 fully saturated rings.